The maximum Gasteiger partial charge on any atom is 0.315 e. The van der Waals surface area contributed by atoms with Crippen molar-refractivity contribution in [3.8, 4) is 0 Å². The fourth-order valence-corrected chi connectivity index (χ4v) is 3.52. The highest BCUT2D eigenvalue weighted by Crippen LogP contribution is 2.17. The van der Waals surface area contributed by atoms with Crippen molar-refractivity contribution in [2.75, 3.05) is 31.2 Å². The summed E-state index contributed by atoms with van der Waals surface area (Å²) in [4.78, 5) is 18.9. The van der Waals surface area contributed by atoms with Crippen LogP contribution in [-0.4, -0.2) is 43.4 Å². The number of anilines is 1. The van der Waals surface area contributed by atoms with Crippen LogP contribution in [0, 0.1) is 0 Å². The van der Waals surface area contributed by atoms with Crippen LogP contribution in [-0.2, 0) is 11.3 Å². The lowest BCUT2D eigenvalue weighted by Gasteiger charge is -2.27. The molecule has 6 nitrogen and oxygen atoms in total. The molecule has 1 saturated heterocycles. The molecule has 1 aromatic heterocycles. The van der Waals surface area contributed by atoms with Gasteiger partial charge in [0.1, 0.15) is 5.82 Å². The minimum atomic E-state index is -0.0668. The summed E-state index contributed by atoms with van der Waals surface area (Å²) in [6, 6.07) is 4.31. The van der Waals surface area contributed by atoms with Crippen LogP contribution >= 0.6 is 0 Å². The quantitative estimate of drug-likeness (QED) is 0.880. The van der Waals surface area contributed by atoms with Crippen LogP contribution in [0.3, 0.4) is 0 Å². The molecule has 3 rings (SSSR count). The Kier molecular flexibility index (Phi) is 6.91. The fourth-order valence-electron chi connectivity index (χ4n) is 3.52. The summed E-state index contributed by atoms with van der Waals surface area (Å²) in [7, 11) is 0. The second-order valence-corrected chi connectivity index (χ2v) is 6.99. The number of pyridine rings is 1. The van der Waals surface area contributed by atoms with Gasteiger partial charge in [0.15, 0.2) is 0 Å². The number of morpholine rings is 1. The molecule has 1 aliphatic heterocycles. The van der Waals surface area contributed by atoms with Crippen molar-refractivity contribution >= 4 is 11.8 Å². The topological polar surface area (TPSA) is 66.5 Å². The minimum Gasteiger partial charge on any atom is -0.378 e. The summed E-state index contributed by atoms with van der Waals surface area (Å²) >= 11 is 0. The molecule has 0 spiro atoms. The Morgan fingerprint density at radius 3 is 2.52 bits per heavy atom. The van der Waals surface area contributed by atoms with Crippen LogP contribution in [0.25, 0.3) is 0 Å². The standard InChI is InChI=1S/C19H30N4O2/c24-19(22-17-6-4-2-1-3-5-7-17)21-15-16-8-9-18(20-14-16)23-10-12-25-13-11-23/h8-9,14,17H,1-7,10-13,15H2,(H2,21,22,24). The van der Waals surface area contributed by atoms with Crippen molar-refractivity contribution in [2.45, 2.75) is 57.5 Å². The van der Waals surface area contributed by atoms with Gasteiger partial charge in [0.25, 0.3) is 0 Å². The van der Waals surface area contributed by atoms with Gasteiger partial charge in [-0.15, -0.1) is 0 Å². The summed E-state index contributed by atoms with van der Waals surface area (Å²) in [5, 5.41) is 6.09. The van der Waals surface area contributed by atoms with E-state index in [9.17, 15) is 4.79 Å². The number of hydrogen-bond donors (Lipinski definition) is 2. The van der Waals surface area contributed by atoms with E-state index in [1.807, 2.05) is 18.3 Å². The van der Waals surface area contributed by atoms with Gasteiger partial charge in [0, 0.05) is 31.9 Å². The second kappa shape index (κ2) is 9.61. The molecule has 0 unspecified atom stereocenters. The summed E-state index contributed by atoms with van der Waals surface area (Å²) in [5.74, 6) is 0.978. The first kappa shape index (κ1) is 18.0. The predicted octanol–water partition coefficient (Wildman–Crippen LogP) is 2.83. The van der Waals surface area contributed by atoms with Crippen LogP contribution in [0.1, 0.15) is 50.5 Å². The lowest BCUT2D eigenvalue weighted by Crippen LogP contribution is -2.42. The highest BCUT2D eigenvalue weighted by atomic mass is 16.5. The van der Waals surface area contributed by atoms with Gasteiger partial charge in [-0.2, -0.15) is 0 Å². The van der Waals surface area contributed by atoms with Crippen LogP contribution in [0.5, 0.6) is 0 Å². The van der Waals surface area contributed by atoms with Gasteiger partial charge in [-0.05, 0) is 24.5 Å². The van der Waals surface area contributed by atoms with Crippen LogP contribution in [0.4, 0.5) is 10.6 Å². The Morgan fingerprint density at radius 2 is 1.84 bits per heavy atom. The van der Waals surface area contributed by atoms with E-state index >= 15 is 0 Å². The monoisotopic (exact) mass is 346 g/mol. The van der Waals surface area contributed by atoms with Gasteiger partial charge in [-0.3, -0.25) is 0 Å². The number of nitrogens with zero attached hydrogens (tertiary/aromatic N) is 2. The summed E-state index contributed by atoms with van der Waals surface area (Å²) in [6.45, 7) is 3.79. The number of urea groups is 1. The van der Waals surface area contributed by atoms with Gasteiger partial charge >= 0.3 is 6.03 Å². The van der Waals surface area contributed by atoms with Crippen LogP contribution < -0.4 is 15.5 Å². The Bertz CT molecular complexity index is 521. The number of ether oxygens (including phenoxy) is 1. The number of nitrogens with one attached hydrogen (secondary N) is 2. The molecule has 0 radical (unpaired) electrons. The van der Waals surface area contributed by atoms with E-state index in [1.54, 1.807) is 0 Å². The first-order chi connectivity index (χ1) is 12.3. The molecule has 6 heteroatoms. The minimum absolute atomic E-state index is 0.0668. The third-order valence-corrected chi connectivity index (χ3v) is 5.04. The molecule has 2 N–H and O–H groups in total. The average Bonchev–Trinajstić information content (AvgIpc) is 2.63. The van der Waals surface area contributed by atoms with Gasteiger partial charge in [0.2, 0.25) is 0 Å². The maximum atomic E-state index is 12.1. The van der Waals surface area contributed by atoms with Crippen molar-refractivity contribution in [2.24, 2.45) is 0 Å². The third kappa shape index (κ3) is 5.88. The molecular weight excluding hydrogens is 316 g/mol. The van der Waals surface area contributed by atoms with E-state index in [1.165, 1.54) is 32.1 Å². The van der Waals surface area contributed by atoms with Crippen molar-refractivity contribution in [1.82, 2.24) is 15.6 Å². The second-order valence-electron chi connectivity index (χ2n) is 6.99. The SMILES string of the molecule is O=C(NCc1ccc(N2CCOCC2)nc1)NC1CCCCCCC1. The van der Waals surface area contributed by atoms with Gasteiger partial charge < -0.3 is 20.3 Å². The van der Waals surface area contributed by atoms with E-state index in [0.717, 1.165) is 50.5 Å². The largest absolute Gasteiger partial charge is 0.378 e. The number of carbonyl (C=O) groups is 1. The molecule has 2 amide bonds. The molecule has 1 saturated carbocycles. The lowest BCUT2D eigenvalue weighted by molar-refractivity contribution is 0.122. The molecule has 0 aromatic carbocycles. The molecular formula is C19H30N4O2. The van der Waals surface area contributed by atoms with Crippen molar-refractivity contribution in [3.05, 3.63) is 23.9 Å². The van der Waals surface area contributed by atoms with Crippen LogP contribution in [0.2, 0.25) is 0 Å². The Morgan fingerprint density at radius 1 is 1.12 bits per heavy atom. The first-order valence-corrected chi connectivity index (χ1v) is 9.63. The van der Waals surface area contributed by atoms with Crippen molar-refractivity contribution in [1.29, 1.82) is 0 Å². The molecule has 0 atom stereocenters. The molecule has 0 bridgehead atoms. The maximum absolute atomic E-state index is 12.1. The van der Waals surface area contributed by atoms with E-state index < -0.39 is 0 Å². The highest BCUT2D eigenvalue weighted by molar-refractivity contribution is 5.74. The molecule has 2 aliphatic rings. The third-order valence-electron chi connectivity index (χ3n) is 5.04. The Hall–Kier alpha value is -1.82. The number of rotatable bonds is 4. The Labute approximate surface area is 150 Å². The summed E-state index contributed by atoms with van der Waals surface area (Å²) in [6.07, 6.45) is 10.4. The van der Waals surface area contributed by atoms with E-state index in [-0.39, 0.29) is 6.03 Å². The molecule has 1 aromatic rings. The van der Waals surface area contributed by atoms with Crippen molar-refractivity contribution < 1.29 is 9.53 Å². The number of carbonyl (C=O) groups excluding carboxylic acids is 1. The number of aromatic nitrogens is 1. The predicted molar refractivity (Wildman–Crippen MR) is 98.7 cm³/mol. The van der Waals surface area contributed by atoms with Crippen molar-refractivity contribution in [3.63, 3.8) is 0 Å². The number of amides is 2. The molecule has 1 aliphatic carbocycles. The smallest absolute Gasteiger partial charge is 0.315 e. The molecule has 138 valence electrons. The molecule has 2 fully saturated rings. The molecule has 2 heterocycles. The molecule has 25 heavy (non-hydrogen) atoms. The summed E-state index contributed by atoms with van der Waals surface area (Å²) in [5.41, 5.74) is 1.02. The van der Waals surface area contributed by atoms with E-state index in [0.29, 0.717) is 12.6 Å². The summed E-state index contributed by atoms with van der Waals surface area (Å²) < 4.78 is 5.36. The highest BCUT2D eigenvalue weighted by Gasteiger charge is 2.14. The van der Waals surface area contributed by atoms with Gasteiger partial charge in [-0.25, -0.2) is 9.78 Å². The Balaban J connectivity index is 1.42. The van der Waals surface area contributed by atoms with Gasteiger partial charge in [0.05, 0.1) is 13.2 Å². The zero-order chi connectivity index (χ0) is 17.3. The lowest BCUT2D eigenvalue weighted by atomic mass is 9.97. The van der Waals surface area contributed by atoms with E-state index in [2.05, 4.69) is 20.5 Å². The zero-order valence-corrected chi connectivity index (χ0v) is 15.0. The fraction of sp³-hybridized carbons (Fsp3) is 0.684. The van der Waals surface area contributed by atoms with E-state index in [4.69, 9.17) is 4.74 Å². The average molecular weight is 346 g/mol. The normalized spacial score (nSPS) is 19.8. The van der Waals surface area contributed by atoms with Gasteiger partial charge in [-0.1, -0.05) is 38.2 Å². The van der Waals surface area contributed by atoms with Crippen LogP contribution in [0.15, 0.2) is 18.3 Å². The number of hydrogen-bond acceptors (Lipinski definition) is 4. The first-order valence-electron chi connectivity index (χ1n) is 9.63. The zero-order valence-electron chi connectivity index (χ0n) is 15.0.